The SMILES string of the molecule is COC(=O)C[C@@H](N)c1ccc(OC)cc1C(F)(F)F.Cl. The number of halogens is 4. The predicted octanol–water partition coefficient (Wildman–Crippen LogP) is 2.70. The van der Waals surface area contributed by atoms with E-state index in [1.54, 1.807) is 0 Å². The highest BCUT2D eigenvalue weighted by atomic mass is 35.5. The van der Waals surface area contributed by atoms with Gasteiger partial charge in [0.2, 0.25) is 0 Å². The van der Waals surface area contributed by atoms with E-state index in [-0.39, 0.29) is 30.1 Å². The number of ether oxygens (including phenoxy) is 2. The summed E-state index contributed by atoms with van der Waals surface area (Å²) in [4.78, 5) is 11.1. The number of alkyl halides is 3. The first-order valence-electron chi connectivity index (χ1n) is 5.37. The highest BCUT2D eigenvalue weighted by Crippen LogP contribution is 2.37. The van der Waals surface area contributed by atoms with Crippen LogP contribution in [0, 0.1) is 0 Å². The molecule has 0 radical (unpaired) electrons. The van der Waals surface area contributed by atoms with E-state index in [0.29, 0.717) is 0 Å². The van der Waals surface area contributed by atoms with E-state index in [2.05, 4.69) is 4.74 Å². The van der Waals surface area contributed by atoms with Gasteiger partial charge in [-0.2, -0.15) is 13.2 Å². The highest BCUT2D eigenvalue weighted by Gasteiger charge is 2.35. The van der Waals surface area contributed by atoms with Crippen molar-refractivity contribution in [3.05, 3.63) is 29.3 Å². The van der Waals surface area contributed by atoms with Crippen molar-refractivity contribution in [2.24, 2.45) is 5.73 Å². The molecular formula is C12H15ClF3NO3. The molecule has 0 saturated heterocycles. The smallest absolute Gasteiger partial charge is 0.416 e. The number of hydrogen-bond donors (Lipinski definition) is 1. The second kappa shape index (κ2) is 7.35. The molecular weight excluding hydrogens is 299 g/mol. The quantitative estimate of drug-likeness (QED) is 0.868. The molecule has 114 valence electrons. The zero-order valence-electron chi connectivity index (χ0n) is 10.9. The van der Waals surface area contributed by atoms with Crippen molar-refractivity contribution in [3.63, 3.8) is 0 Å². The number of rotatable bonds is 4. The van der Waals surface area contributed by atoms with E-state index < -0.39 is 23.8 Å². The lowest BCUT2D eigenvalue weighted by molar-refractivity contribution is -0.142. The molecule has 1 atom stereocenters. The molecule has 0 spiro atoms. The number of nitrogens with two attached hydrogens (primary N) is 1. The van der Waals surface area contributed by atoms with Gasteiger partial charge in [0.1, 0.15) is 5.75 Å². The van der Waals surface area contributed by atoms with Crippen LogP contribution < -0.4 is 10.5 Å². The van der Waals surface area contributed by atoms with E-state index in [9.17, 15) is 18.0 Å². The summed E-state index contributed by atoms with van der Waals surface area (Å²) < 4.78 is 47.9. The maximum absolute atomic E-state index is 12.9. The highest BCUT2D eigenvalue weighted by molar-refractivity contribution is 5.85. The Labute approximate surface area is 120 Å². The Morgan fingerprint density at radius 3 is 2.40 bits per heavy atom. The summed E-state index contributed by atoms with van der Waals surface area (Å²) in [6.07, 6.45) is -4.90. The summed E-state index contributed by atoms with van der Waals surface area (Å²) in [5, 5.41) is 0. The zero-order valence-corrected chi connectivity index (χ0v) is 11.7. The van der Waals surface area contributed by atoms with Crippen LogP contribution in [0.15, 0.2) is 18.2 Å². The Balaban J connectivity index is 0.00000361. The molecule has 2 N–H and O–H groups in total. The molecule has 0 aliphatic heterocycles. The van der Waals surface area contributed by atoms with Gasteiger partial charge in [0, 0.05) is 6.04 Å². The average molecular weight is 314 g/mol. The lowest BCUT2D eigenvalue weighted by atomic mass is 9.98. The maximum Gasteiger partial charge on any atom is 0.416 e. The molecule has 0 saturated carbocycles. The Hall–Kier alpha value is -1.47. The summed E-state index contributed by atoms with van der Waals surface area (Å²) in [6.45, 7) is 0. The molecule has 0 bridgehead atoms. The second-order valence-electron chi connectivity index (χ2n) is 3.84. The molecule has 0 aliphatic rings. The summed E-state index contributed by atoms with van der Waals surface area (Å²) in [7, 11) is 2.41. The third-order valence-electron chi connectivity index (χ3n) is 2.58. The standard InChI is InChI=1S/C12H14F3NO3.ClH/c1-18-7-3-4-8(9(5-7)12(13,14)15)10(16)6-11(17)19-2;/h3-5,10H,6,16H2,1-2H3;1H/t10-;/m1./s1. The van der Waals surface area contributed by atoms with Crippen molar-refractivity contribution in [3.8, 4) is 5.75 Å². The average Bonchev–Trinajstić information content (AvgIpc) is 2.36. The van der Waals surface area contributed by atoms with Crippen molar-refractivity contribution in [2.75, 3.05) is 14.2 Å². The lowest BCUT2D eigenvalue weighted by Gasteiger charge is -2.18. The minimum absolute atomic E-state index is 0. The van der Waals surface area contributed by atoms with Crippen LogP contribution in [-0.2, 0) is 15.7 Å². The van der Waals surface area contributed by atoms with E-state index in [1.165, 1.54) is 19.2 Å². The molecule has 1 aromatic carbocycles. The van der Waals surface area contributed by atoms with Crippen LogP contribution in [0.1, 0.15) is 23.6 Å². The van der Waals surface area contributed by atoms with Gasteiger partial charge in [0.05, 0.1) is 26.2 Å². The maximum atomic E-state index is 12.9. The fraction of sp³-hybridized carbons (Fsp3) is 0.417. The molecule has 1 rings (SSSR count). The van der Waals surface area contributed by atoms with Crippen molar-refractivity contribution in [2.45, 2.75) is 18.6 Å². The van der Waals surface area contributed by atoms with Gasteiger partial charge in [0.25, 0.3) is 0 Å². The normalized spacial score (nSPS) is 12.3. The Morgan fingerprint density at radius 2 is 1.95 bits per heavy atom. The van der Waals surface area contributed by atoms with E-state index >= 15 is 0 Å². The number of carbonyl (C=O) groups excluding carboxylic acids is 1. The van der Waals surface area contributed by atoms with Crippen LogP contribution in [0.25, 0.3) is 0 Å². The molecule has 0 fully saturated rings. The molecule has 0 aromatic heterocycles. The molecule has 20 heavy (non-hydrogen) atoms. The van der Waals surface area contributed by atoms with Gasteiger partial charge in [-0.1, -0.05) is 6.07 Å². The van der Waals surface area contributed by atoms with Crippen LogP contribution in [0.4, 0.5) is 13.2 Å². The molecule has 1 aromatic rings. The van der Waals surface area contributed by atoms with Crippen LogP contribution in [0.5, 0.6) is 5.75 Å². The number of carbonyl (C=O) groups is 1. The molecule has 8 heteroatoms. The van der Waals surface area contributed by atoms with Crippen LogP contribution in [0.3, 0.4) is 0 Å². The minimum Gasteiger partial charge on any atom is -0.497 e. The van der Waals surface area contributed by atoms with Crippen LogP contribution in [0.2, 0.25) is 0 Å². The first-order valence-corrected chi connectivity index (χ1v) is 5.37. The van der Waals surface area contributed by atoms with E-state index in [4.69, 9.17) is 10.5 Å². The third-order valence-corrected chi connectivity index (χ3v) is 2.58. The topological polar surface area (TPSA) is 61.5 Å². The monoisotopic (exact) mass is 313 g/mol. The van der Waals surface area contributed by atoms with Gasteiger partial charge in [-0.25, -0.2) is 0 Å². The second-order valence-corrected chi connectivity index (χ2v) is 3.84. The molecule has 0 unspecified atom stereocenters. The molecule has 0 heterocycles. The summed E-state index contributed by atoms with van der Waals surface area (Å²) >= 11 is 0. The van der Waals surface area contributed by atoms with Crippen molar-refractivity contribution in [1.82, 2.24) is 0 Å². The largest absolute Gasteiger partial charge is 0.497 e. The number of hydrogen-bond acceptors (Lipinski definition) is 4. The number of methoxy groups -OCH3 is 2. The van der Waals surface area contributed by atoms with Gasteiger partial charge >= 0.3 is 12.1 Å². The van der Waals surface area contributed by atoms with Gasteiger partial charge in [-0.3, -0.25) is 4.79 Å². The number of benzene rings is 1. The summed E-state index contributed by atoms with van der Waals surface area (Å²) in [6, 6.07) is 2.33. The zero-order chi connectivity index (χ0) is 14.6. The fourth-order valence-electron chi connectivity index (χ4n) is 1.60. The minimum atomic E-state index is -4.57. The van der Waals surface area contributed by atoms with Crippen molar-refractivity contribution < 1.29 is 27.4 Å². The van der Waals surface area contributed by atoms with Crippen molar-refractivity contribution in [1.29, 1.82) is 0 Å². The van der Waals surface area contributed by atoms with E-state index in [1.807, 2.05) is 0 Å². The van der Waals surface area contributed by atoms with Crippen molar-refractivity contribution >= 4 is 18.4 Å². The first-order chi connectivity index (χ1) is 8.79. The van der Waals surface area contributed by atoms with Gasteiger partial charge < -0.3 is 15.2 Å². The van der Waals surface area contributed by atoms with Gasteiger partial charge in [-0.15, -0.1) is 12.4 Å². The number of esters is 1. The Bertz CT molecular complexity index is 466. The van der Waals surface area contributed by atoms with Gasteiger partial charge in [-0.05, 0) is 17.7 Å². The molecule has 4 nitrogen and oxygen atoms in total. The lowest BCUT2D eigenvalue weighted by Crippen LogP contribution is -2.20. The molecule has 0 aliphatic carbocycles. The first kappa shape index (κ1) is 18.5. The predicted molar refractivity (Wildman–Crippen MR) is 68.8 cm³/mol. The molecule has 0 amide bonds. The fourth-order valence-corrected chi connectivity index (χ4v) is 1.60. The van der Waals surface area contributed by atoms with Gasteiger partial charge in [0.15, 0.2) is 0 Å². The third kappa shape index (κ3) is 4.57. The van der Waals surface area contributed by atoms with E-state index in [0.717, 1.165) is 13.2 Å². The summed E-state index contributed by atoms with van der Waals surface area (Å²) in [5.41, 5.74) is 4.54. The van der Waals surface area contributed by atoms with Crippen LogP contribution in [-0.4, -0.2) is 20.2 Å². The Morgan fingerprint density at radius 1 is 1.35 bits per heavy atom. The Kier molecular flexibility index (Phi) is 6.81. The summed E-state index contributed by atoms with van der Waals surface area (Å²) in [5.74, 6) is -0.599. The van der Waals surface area contributed by atoms with Crippen LogP contribution >= 0.6 is 12.4 Å².